The summed E-state index contributed by atoms with van der Waals surface area (Å²) in [5.74, 6) is 1.87. The number of aryl methyl sites for hydroxylation is 1. The summed E-state index contributed by atoms with van der Waals surface area (Å²) in [6, 6.07) is 13.4. The van der Waals surface area contributed by atoms with Gasteiger partial charge in [-0.2, -0.15) is 9.50 Å². The molecule has 0 N–H and O–H groups in total. The Balaban J connectivity index is 1.76. The summed E-state index contributed by atoms with van der Waals surface area (Å²) in [6.45, 7) is 4.48. The van der Waals surface area contributed by atoms with E-state index >= 15 is 0 Å². The number of fused-ring (bicyclic) bond motifs is 1. The summed E-state index contributed by atoms with van der Waals surface area (Å²) in [6.07, 6.45) is 1.81. The van der Waals surface area contributed by atoms with E-state index in [9.17, 15) is 4.79 Å². The summed E-state index contributed by atoms with van der Waals surface area (Å²) in [5.41, 5.74) is 2.67. The number of rotatable bonds is 5. The molecule has 0 radical (unpaired) electrons. The number of aromatic nitrogens is 3. The zero-order chi connectivity index (χ0) is 19.7. The number of methoxy groups -OCH3 is 1. The van der Waals surface area contributed by atoms with Crippen molar-refractivity contribution in [2.24, 2.45) is 0 Å². The highest BCUT2D eigenvalue weighted by atomic mass is 32.1. The summed E-state index contributed by atoms with van der Waals surface area (Å²) < 4.78 is 12.8. The van der Waals surface area contributed by atoms with Crippen LogP contribution < -0.4 is 19.6 Å². The average molecular weight is 393 g/mol. The maximum atomic E-state index is 12.8. The van der Waals surface area contributed by atoms with Crippen molar-refractivity contribution >= 4 is 22.4 Å². The lowest BCUT2D eigenvalue weighted by atomic mass is 10.1. The van der Waals surface area contributed by atoms with Gasteiger partial charge in [0.05, 0.1) is 18.2 Å². The molecule has 0 amide bonds. The molecule has 0 aliphatic carbocycles. The molecule has 7 heteroatoms. The maximum absolute atomic E-state index is 12.8. The maximum Gasteiger partial charge on any atom is 0.291 e. The van der Waals surface area contributed by atoms with E-state index < -0.39 is 0 Å². The first-order valence-electron chi connectivity index (χ1n) is 8.89. The SMILES string of the molecule is CCOc1ccc(C=c2sc3nc(-c4ccccc4C)nn3c2=O)cc1OC. The molecule has 2 aromatic carbocycles. The van der Waals surface area contributed by atoms with Crippen LogP contribution >= 0.6 is 11.3 Å². The minimum absolute atomic E-state index is 0.180. The van der Waals surface area contributed by atoms with Gasteiger partial charge < -0.3 is 9.47 Å². The Kier molecular flexibility index (Phi) is 4.83. The van der Waals surface area contributed by atoms with E-state index in [2.05, 4.69) is 10.1 Å². The van der Waals surface area contributed by atoms with Crippen LogP contribution in [0.25, 0.3) is 22.4 Å². The molecule has 4 aromatic rings. The topological polar surface area (TPSA) is 65.7 Å². The molecule has 2 heterocycles. The van der Waals surface area contributed by atoms with Crippen molar-refractivity contribution in [3.05, 3.63) is 68.5 Å². The molecule has 6 nitrogen and oxygen atoms in total. The number of benzene rings is 2. The van der Waals surface area contributed by atoms with Crippen molar-refractivity contribution < 1.29 is 9.47 Å². The third kappa shape index (κ3) is 3.25. The molecule has 0 saturated carbocycles. The van der Waals surface area contributed by atoms with E-state index in [0.717, 1.165) is 16.7 Å². The monoisotopic (exact) mass is 393 g/mol. The second-order valence-electron chi connectivity index (χ2n) is 6.20. The smallest absolute Gasteiger partial charge is 0.291 e. The molecule has 0 saturated heterocycles. The third-order valence-corrected chi connectivity index (χ3v) is 5.31. The predicted molar refractivity (Wildman–Crippen MR) is 110 cm³/mol. The van der Waals surface area contributed by atoms with Gasteiger partial charge in [0.1, 0.15) is 0 Å². The third-order valence-electron chi connectivity index (χ3n) is 4.35. The van der Waals surface area contributed by atoms with Crippen molar-refractivity contribution in [1.82, 2.24) is 14.6 Å². The van der Waals surface area contributed by atoms with Crippen LogP contribution in [0.15, 0.2) is 47.3 Å². The molecule has 0 aliphatic rings. The van der Waals surface area contributed by atoms with Gasteiger partial charge in [0, 0.05) is 5.56 Å². The number of thiazole rings is 1. The van der Waals surface area contributed by atoms with Gasteiger partial charge in [0.15, 0.2) is 17.3 Å². The van der Waals surface area contributed by atoms with E-state index in [0.29, 0.717) is 33.4 Å². The quantitative estimate of drug-likeness (QED) is 0.521. The Morgan fingerprint density at radius 2 is 2.00 bits per heavy atom. The molecule has 0 spiro atoms. The van der Waals surface area contributed by atoms with Crippen LogP contribution in [0.4, 0.5) is 0 Å². The molecule has 2 aromatic heterocycles. The molecule has 0 fully saturated rings. The second kappa shape index (κ2) is 7.44. The second-order valence-corrected chi connectivity index (χ2v) is 7.21. The van der Waals surface area contributed by atoms with Gasteiger partial charge in [-0.3, -0.25) is 4.79 Å². The number of hydrogen-bond donors (Lipinski definition) is 0. The summed E-state index contributed by atoms with van der Waals surface area (Å²) in [5, 5.41) is 4.42. The minimum Gasteiger partial charge on any atom is -0.493 e. The zero-order valence-electron chi connectivity index (χ0n) is 15.8. The van der Waals surface area contributed by atoms with Crippen molar-refractivity contribution in [2.75, 3.05) is 13.7 Å². The summed E-state index contributed by atoms with van der Waals surface area (Å²) in [7, 11) is 1.59. The first-order chi connectivity index (χ1) is 13.6. The van der Waals surface area contributed by atoms with Crippen LogP contribution in [0.5, 0.6) is 11.5 Å². The van der Waals surface area contributed by atoms with Crippen LogP contribution in [-0.2, 0) is 0 Å². The van der Waals surface area contributed by atoms with E-state index in [4.69, 9.17) is 9.47 Å². The first-order valence-corrected chi connectivity index (χ1v) is 9.70. The Bertz CT molecular complexity index is 1260. The summed E-state index contributed by atoms with van der Waals surface area (Å²) in [4.78, 5) is 17.9. The van der Waals surface area contributed by atoms with Gasteiger partial charge in [-0.1, -0.05) is 41.7 Å². The number of hydrogen-bond acceptors (Lipinski definition) is 6. The fourth-order valence-corrected chi connectivity index (χ4v) is 3.88. The van der Waals surface area contributed by atoms with Gasteiger partial charge in [-0.25, -0.2) is 0 Å². The molecule has 142 valence electrons. The number of ether oxygens (including phenoxy) is 2. The fourth-order valence-electron chi connectivity index (χ4n) is 2.97. The van der Waals surface area contributed by atoms with Crippen LogP contribution in [0.1, 0.15) is 18.1 Å². The van der Waals surface area contributed by atoms with Gasteiger partial charge in [0.2, 0.25) is 4.96 Å². The molecule has 0 aliphatic heterocycles. The standard InChI is InChI=1S/C21H19N3O3S/c1-4-27-16-10-9-14(11-17(16)26-3)12-18-20(25)24-21(28-18)22-19(23-24)15-8-6-5-7-13(15)2/h5-12H,4H2,1-3H3. The molecular weight excluding hydrogens is 374 g/mol. The zero-order valence-corrected chi connectivity index (χ0v) is 16.6. The van der Waals surface area contributed by atoms with Crippen LogP contribution in [0.3, 0.4) is 0 Å². The van der Waals surface area contributed by atoms with E-state index in [1.807, 2.05) is 62.4 Å². The molecule has 0 unspecified atom stereocenters. The molecular formula is C21H19N3O3S. The average Bonchev–Trinajstić information content (AvgIpc) is 3.23. The molecule has 28 heavy (non-hydrogen) atoms. The Morgan fingerprint density at radius 3 is 2.71 bits per heavy atom. The van der Waals surface area contributed by atoms with Crippen LogP contribution in [-0.4, -0.2) is 28.3 Å². The lowest BCUT2D eigenvalue weighted by Crippen LogP contribution is -2.23. The van der Waals surface area contributed by atoms with Crippen LogP contribution in [0.2, 0.25) is 0 Å². The van der Waals surface area contributed by atoms with Gasteiger partial charge in [0.25, 0.3) is 5.56 Å². The normalized spacial score (nSPS) is 11.9. The Morgan fingerprint density at radius 1 is 1.18 bits per heavy atom. The van der Waals surface area contributed by atoms with Gasteiger partial charge in [-0.15, -0.1) is 5.10 Å². The highest BCUT2D eigenvalue weighted by Crippen LogP contribution is 2.28. The van der Waals surface area contributed by atoms with Crippen molar-refractivity contribution in [3.63, 3.8) is 0 Å². The fraction of sp³-hybridized carbons (Fsp3) is 0.190. The van der Waals surface area contributed by atoms with Crippen molar-refractivity contribution in [1.29, 1.82) is 0 Å². The first kappa shape index (κ1) is 18.2. The van der Waals surface area contributed by atoms with E-state index in [1.165, 1.54) is 15.9 Å². The number of nitrogens with zero attached hydrogens (tertiary/aromatic N) is 3. The predicted octanol–water partition coefficient (Wildman–Crippen LogP) is 3.08. The van der Waals surface area contributed by atoms with Crippen molar-refractivity contribution in [2.45, 2.75) is 13.8 Å². The summed E-state index contributed by atoms with van der Waals surface area (Å²) >= 11 is 1.32. The van der Waals surface area contributed by atoms with Gasteiger partial charge >= 0.3 is 0 Å². The van der Waals surface area contributed by atoms with E-state index in [-0.39, 0.29) is 5.56 Å². The largest absolute Gasteiger partial charge is 0.493 e. The van der Waals surface area contributed by atoms with Gasteiger partial charge in [-0.05, 0) is 43.2 Å². The Hall–Kier alpha value is -3.19. The lowest BCUT2D eigenvalue weighted by molar-refractivity contribution is 0.311. The van der Waals surface area contributed by atoms with Crippen molar-refractivity contribution in [3.8, 4) is 22.9 Å². The molecule has 0 bridgehead atoms. The highest BCUT2D eigenvalue weighted by molar-refractivity contribution is 7.15. The van der Waals surface area contributed by atoms with E-state index in [1.54, 1.807) is 7.11 Å². The Labute approximate surface area is 165 Å². The molecule has 4 rings (SSSR count). The van der Waals surface area contributed by atoms with Crippen LogP contribution in [0, 0.1) is 6.92 Å². The minimum atomic E-state index is -0.180. The molecule has 0 atom stereocenters. The highest BCUT2D eigenvalue weighted by Gasteiger charge is 2.13. The lowest BCUT2D eigenvalue weighted by Gasteiger charge is -2.09.